The number of aryl methyl sites for hydroxylation is 2. The monoisotopic (exact) mass is 308 g/mol. The topological polar surface area (TPSA) is 72.1 Å². The fourth-order valence-corrected chi connectivity index (χ4v) is 2.79. The first-order chi connectivity index (χ1) is 9.88. The van der Waals surface area contributed by atoms with Gasteiger partial charge in [0.2, 0.25) is 5.89 Å². The molecule has 0 aliphatic rings. The van der Waals surface area contributed by atoms with E-state index in [-0.39, 0.29) is 11.8 Å². The van der Waals surface area contributed by atoms with E-state index in [2.05, 4.69) is 15.1 Å². The molecule has 2 aromatic heterocycles. The molecule has 6 nitrogen and oxygen atoms in total. The molecule has 0 unspecified atom stereocenters. The molecule has 0 N–H and O–H groups in total. The van der Waals surface area contributed by atoms with Crippen molar-refractivity contribution in [2.45, 2.75) is 40.0 Å². The molecule has 114 valence electrons. The smallest absolute Gasteiger partial charge is 0.265 e. The Morgan fingerprint density at radius 2 is 2.05 bits per heavy atom. The molecule has 7 heteroatoms. The summed E-state index contributed by atoms with van der Waals surface area (Å²) in [4.78, 5) is 23.3. The number of rotatable bonds is 5. The summed E-state index contributed by atoms with van der Waals surface area (Å²) < 4.78 is 5.15. The van der Waals surface area contributed by atoms with Crippen molar-refractivity contribution in [3.05, 3.63) is 27.3 Å². The molecular formula is C14H20N4O2S. The normalized spacial score (nSPS) is 11.1. The predicted octanol–water partition coefficient (Wildman–Crippen LogP) is 2.58. The van der Waals surface area contributed by atoms with Gasteiger partial charge in [-0.3, -0.25) is 4.79 Å². The number of nitrogens with zero attached hydrogens (tertiary/aromatic N) is 4. The van der Waals surface area contributed by atoms with Crippen molar-refractivity contribution in [1.82, 2.24) is 20.0 Å². The number of amides is 1. The van der Waals surface area contributed by atoms with Crippen LogP contribution in [0.15, 0.2) is 4.52 Å². The van der Waals surface area contributed by atoms with E-state index in [9.17, 15) is 4.79 Å². The second-order valence-corrected chi connectivity index (χ2v) is 6.53. The van der Waals surface area contributed by atoms with E-state index in [4.69, 9.17) is 4.52 Å². The van der Waals surface area contributed by atoms with Crippen molar-refractivity contribution < 1.29 is 9.32 Å². The van der Waals surface area contributed by atoms with E-state index < -0.39 is 0 Å². The van der Waals surface area contributed by atoms with Crippen LogP contribution in [0, 0.1) is 13.8 Å². The summed E-state index contributed by atoms with van der Waals surface area (Å²) in [5.74, 6) is 1.47. The third kappa shape index (κ3) is 3.66. The number of hydrogen-bond donors (Lipinski definition) is 0. The molecule has 0 bridgehead atoms. The van der Waals surface area contributed by atoms with Crippen molar-refractivity contribution in [3.8, 4) is 0 Å². The van der Waals surface area contributed by atoms with E-state index in [1.807, 2.05) is 27.7 Å². The zero-order chi connectivity index (χ0) is 15.6. The van der Waals surface area contributed by atoms with Gasteiger partial charge in [0, 0.05) is 25.9 Å². The summed E-state index contributed by atoms with van der Waals surface area (Å²) in [5, 5.41) is 4.84. The maximum Gasteiger partial charge on any atom is 0.265 e. The Morgan fingerprint density at radius 3 is 2.57 bits per heavy atom. The predicted molar refractivity (Wildman–Crippen MR) is 80.6 cm³/mol. The van der Waals surface area contributed by atoms with E-state index in [1.54, 1.807) is 11.9 Å². The van der Waals surface area contributed by atoms with Gasteiger partial charge in [0.25, 0.3) is 5.91 Å². The SMILES string of the molecule is Cc1nc(C)c(C(=O)N(C)CCc2noc(C(C)C)n2)s1. The Bertz CT molecular complexity index is 633. The third-order valence-electron chi connectivity index (χ3n) is 3.09. The number of thiazole rings is 1. The average molecular weight is 308 g/mol. The lowest BCUT2D eigenvalue weighted by Gasteiger charge is -2.15. The summed E-state index contributed by atoms with van der Waals surface area (Å²) >= 11 is 1.43. The van der Waals surface area contributed by atoms with Gasteiger partial charge >= 0.3 is 0 Å². The van der Waals surface area contributed by atoms with Crippen molar-refractivity contribution in [2.24, 2.45) is 0 Å². The molecule has 1 amide bonds. The number of hydrogen-bond acceptors (Lipinski definition) is 6. The summed E-state index contributed by atoms with van der Waals surface area (Å²) in [5.41, 5.74) is 0.788. The molecule has 0 saturated carbocycles. The van der Waals surface area contributed by atoms with Gasteiger partial charge in [0.15, 0.2) is 5.82 Å². The highest BCUT2D eigenvalue weighted by Crippen LogP contribution is 2.19. The highest BCUT2D eigenvalue weighted by molar-refractivity contribution is 7.13. The molecule has 0 radical (unpaired) electrons. The lowest BCUT2D eigenvalue weighted by molar-refractivity contribution is 0.0799. The quantitative estimate of drug-likeness (QED) is 0.849. The average Bonchev–Trinajstić information content (AvgIpc) is 3.01. The van der Waals surface area contributed by atoms with Gasteiger partial charge in [0.05, 0.1) is 10.7 Å². The lowest BCUT2D eigenvalue weighted by Crippen LogP contribution is -2.28. The highest BCUT2D eigenvalue weighted by atomic mass is 32.1. The standard InChI is InChI=1S/C14H20N4O2S/c1-8(2)13-16-11(17-20-13)6-7-18(5)14(19)12-9(3)15-10(4)21-12/h8H,6-7H2,1-5H3. The lowest BCUT2D eigenvalue weighted by atomic mass is 10.2. The molecule has 0 atom stereocenters. The fraction of sp³-hybridized carbons (Fsp3) is 0.571. The maximum atomic E-state index is 12.3. The largest absolute Gasteiger partial charge is 0.340 e. The third-order valence-corrected chi connectivity index (χ3v) is 4.15. The van der Waals surface area contributed by atoms with Gasteiger partial charge in [-0.15, -0.1) is 11.3 Å². The van der Waals surface area contributed by atoms with Crippen LogP contribution in [-0.2, 0) is 6.42 Å². The first kappa shape index (κ1) is 15.6. The molecule has 2 aromatic rings. The van der Waals surface area contributed by atoms with E-state index in [1.165, 1.54) is 11.3 Å². The van der Waals surface area contributed by atoms with Crippen LogP contribution >= 0.6 is 11.3 Å². The van der Waals surface area contributed by atoms with Crippen molar-refractivity contribution in [3.63, 3.8) is 0 Å². The Balaban J connectivity index is 1.96. The van der Waals surface area contributed by atoms with Crippen LogP contribution in [0.4, 0.5) is 0 Å². The van der Waals surface area contributed by atoms with Crippen LogP contribution in [0.1, 0.15) is 51.9 Å². The molecule has 0 aliphatic carbocycles. The van der Waals surface area contributed by atoms with Gasteiger partial charge < -0.3 is 9.42 Å². The summed E-state index contributed by atoms with van der Waals surface area (Å²) in [6, 6.07) is 0. The number of likely N-dealkylation sites (N-methyl/N-ethyl adjacent to an activating group) is 1. The van der Waals surface area contributed by atoms with Crippen LogP contribution in [0.3, 0.4) is 0 Å². The summed E-state index contributed by atoms with van der Waals surface area (Å²) in [7, 11) is 1.78. The molecule has 0 saturated heterocycles. The van der Waals surface area contributed by atoms with E-state index >= 15 is 0 Å². The van der Waals surface area contributed by atoms with Crippen molar-refractivity contribution in [2.75, 3.05) is 13.6 Å². The molecular weight excluding hydrogens is 288 g/mol. The Kier molecular flexibility index (Phi) is 4.72. The van der Waals surface area contributed by atoms with Gasteiger partial charge in [-0.1, -0.05) is 19.0 Å². The summed E-state index contributed by atoms with van der Waals surface area (Å²) in [6.07, 6.45) is 0.579. The van der Waals surface area contributed by atoms with Crippen LogP contribution in [0.25, 0.3) is 0 Å². The summed E-state index contributed by atoms with van der Waals surface area (Å²) in [6.45, 7) is 8.32. The minimum atomic E-state index is -0.00863. The number of carbonyl (C=O) groups excluding carboxylic acids is 1. The molecule has 0 aromatic carbocycles. The Morgan fingerprint density at radius 1 is 1.33 bits per heavy atom. The highest BCUT2D eigenvalue weighted by Gasteiger charge is 2.18. The molecule has 2 heterocycles. The van der Waals surface area contributed by atoms with Crippen LogP contribution in [-0.4, -0.2) is 39.5 Å². The minimum absolute atomic E-state index is 0.00863. The van der Waals surface area contributed by atoms with Gasteiger partial charge in [-0.05, 0) is 13.8 Å². The van der Waals surface area contributed by atoms with Crippen LogP contribution in [0.2, 0.25) is 0 Å². The number of carbonyl (C=O) groups is 1. The Hall–Kier alpha value is -1.76. The fourth-order valence-electron chi connectivity index (χ4n) is 1.88. The van der Waals surface area contributed by atoms with Crippen molar-refractivity contribution in [1.29, 1.82) is 0 Å². The van der Waals surface area contributed by atoms with Gasteiger partial charge in [0.1, 0.15) is 4.88 Å². The van der Waals surface area contributed by atoms with Gasteiger partial charge in [-0.2, -0.15) is 4.98 Å². The molecule has 0 fully saturated rings. The Labute approximate surface area is 128 Å². The number of aromatic nitrogens is 3. The molecule has 0 spiro atoms. The zero-order valence-electron chi connectivity index (χ0n) is 13.0. The second-order valence-electron chi connectivity index (χ2n) is 5.33. The molecule has 2 rings (SSSR count). The van der Waals surface area contributed by atoms with Gasteiger partial charge in [-0.25, -0.2) is 4.98 Å². The molecule has 0 aliphatic heterocycles. The maximum absolute atomic E-state index is 12.3. The first-order valence-corrected chi connectivity index (χ1v) is 7.72. The first-order valence-electron chi connectivity index (χ1n) is 6.90. The molecule has 21 heavy (non-hydrogen) atoms. The van der Waals surface area contributed by atoms with E-state index in [0.29, 0.717) is 29.6 Å². The minimum Gasteiger partial charge on any atom is -0.340 e. The second kappa shape index (κ2) is 6.34. The van der Waals surface area contributed by atoms with Crippen LogP contribution in [0.5, 0.6) is 0 Å². The van der Waals surface area contributed by atoms with E-state index in [0.717, 1.165) is 10.7 Å². The van der Waals surface area contributed by atoms with Crippen molar-refractivity contribution >= 4 is 17.2 Å². The zero-order valence-corrected chi connectivity index (χ0v) is 13.8. The van der Waals surface area contributed by atoms with Crippen LogP contribution < -0.4 is 0 Å².